The van der Waals surface area contributed by atoms with Crippen LogP contribution in [-0.2, 0) is 12.8 Å². The molecule has 2 aromatic rings. The zero-order valence-corrected chi connectivity index (χ0v) is 20.6. The molecule has 0 aliphatic heterocycles. The fourth-order valence-electron chi connectivity index (χ4n) is 4.52. The lowest BCUT2D eigenvalue weighted by Crippen LogP contribution is -2.44. The first kappa shape index (κ1) is 25.6. The van der Waals surface area contributed by atoms with Crippen LogP contribution in [-0.4, -0.2) is 72.6 Å². The van der Waals surface area contributed by atoms with E-state index in [9.17, 15) is 0 Å². The Labute approximate surface area is 192 Å². The van der Waals surface area contributed by atoms with E-state index >= 15 is 0 Å². The van der Waals surface area contributed by atoms with Crippen LogP contribution < -0.4 is 0 Å². The van der Waals surface area contributed by atoms with Crippen LogP contribution in [0.15, 0.2) is 60.7 Å². The van der Waals surface area contributed by atoms with E-state index in [1.165, 1.54) is 11.1 Å². The van der Waals surface area contributed by atoms with Crippen molar-refractivity contribution < 1.29 is 0 Å². The summed E-state index contributed by atoms with van der Waals surface area (Å²) in [5.74, 6) is 0. The SMILES string of the molecule is CCN(CCN(CC)[C@H](C)Cc1ccccc1)CCN(CC)[C@H](C)Cc1ccccc1. The maximum absolute atomic E-state index is 2.63. The molecule has 0 saturated carbocycles. The number of rotatable bonds is 15. The van der Waals surface area contributed by atoms with Crippen molar-refractivity contribution in [1.29, 1.82) is 0 Å². The van der Waals surface area contributed by atoms with E-state index in [0.29, 0.717) is 12.1 Å². The molecule has 31 heavy (non-hydrogen) atoms. The summed E-state index contributed by atoms with van der Waals surface area (Å²) in [4.78, 5) is 7.88. The normalized spacial score (nSPS) is 13.8. The van der Waals surface area contributed by atoms with Gasteiger partial charge < -0.3 is 4.90 Å². The molecule has 0 amide bonds. The quantitative estimate of drug-likeness (QED) is 0.389. The van der Waals surface area contributed by atoms with Crippen LogP contribution in [0.2, 0.25) is 0 Å². The van der Waals surface area contributed by atoms with Crippen molar-refractivity contribution in [3.05, 3.63) is 71.8 Å². The first-order chi connectivity index (χ1) is 15.1. The molecular weight excluding hydrogens is 378 g/mol. The molecule has 0 spiro atoms. The summed E-state index contributed by atoms with van der Waals surface area (Å²) in [6, 6.07) is 22.9. The molecule has 0 saturated heterocycles. The van der Waals surface area contributed by atoms with Crippen molar-refractivity contribution in [2.24, 2.45) is 0 Å². The maximum atomic E-state index is 2.63. The molecule has 0 aliphatic rings. The highest BCUT2D eigenvalue weighted by atomic mass is 15.2. The van der Waals surface area contributed by atoms with Crippen molar-refractivity contribution in [3.8, 4) is 0 Å². The van der Waals surface area contributed by atoms with Crippen molar-refractivity contribution in [2.75, 3.05) is 45.8 Å². The molecule has 3 heteroatoms. The van der Waals surface area contributed by atoms with Gasteiger partial charge in [-0.3, -0.25) is 9.80 Å². The van der Waals surface area contributed by atoms with Gasteiger partial charge in [-0.25, -0.2) is 0 Å². The van der Waals surface area contributed by atoms with Crippen LogP contribution in [0.3, 0.4) is 0 Å². The van der Waals surface area contributed by atoms with E-state index in [4.69, 9.17) is 0 Å². The van der Waals surface area contributed by atoms with Gasteiger partial charge in [0.25, 0.3) is 0 Å². The Kier molecular flexibility index (Phi) is 11.9. The topological polar surface area (TPSA) is 9.72 Å². The molecule has 0 radical (unpaired) electrons. The third-order valence-corrected chi connectivity index (χ3v) is 6.66. The lowest BCUT2D eigenvalue weighted by atomic mass is 10.1. The van der Waals surface area contributed by atoms with Crippen LogP contribution in [0, 0.1) is 0 Å². The molecule has 2 rings (SSSR count). The molecular formula is C28H45N3. The second-order valence-electron chi connectivity index (χ2n) is 8.77. The number of benzene rings is 2. The molecule has 3 nitrogen and oxygen atoms in total. The van der Waals surface area contributed by atoms with Crippen LogP contribution in [0.4, 0.5) is 0 Å². The molecule has 2 aromatic carbocycles. The van der Waals surface area contributed by atoms with E-state index in [0.717, 1.165) is 58.7 Å². The Bertz CT molecular complexity index is 628. The van der Waals surface area contributed by atoms with Gasteiger partial charge in [0.05, 0.1) is 0 Å². The maximum Gasteiger partial charge on any atom is 0.0112 e. The van der Waals surface area contributed by atoms with Crippen LogP contribution in [0.1, 0.15) is 45.7 Å². The minimum Gasteiger partial charge on any atom is -0.301 e. The monoisotopic (exact) mass is 423 g/mol. The summed E-state index contributed by atoms with van der Waals surface area (Å²) in [7, 11) is 0. The molecule has 0 aromatic heterocycles. The summed E-state index contributed by atoms with van der Waals surface area (Å²) in [6.07, 6.45) is 2.25. The highest BCUT2D eigenvalue weighted by Crippen LogP contribution is 2.10. The first-order valence-electron chi connectivity index (χ1n) is 12.4. The standard InChI is InChI=1S/C28H45N3/c1-6-29(19-21-30(7-2)25(4)23-27-15-11-9-12-16-27)20-22-31(8-3)26(5)24-28-17-13-10-14-18-28/h9-18,25-26H,6-8,19-24H2,1-5H3/t25-,26-/m1/s1. The van der Waals surface area contributed by atoms with Gasteiger partial charge in [0.15, 0.2) is 0 Å². The van der Waals surface area contributed by atoms with Gasteiger partial charge in [-0.1, -0.05) is 81.4 Å². The molecule has 0 aliphatic carbocycles. The number of hydrogen-bond donors (Lipinski definition) is 0. The van der Waals surface area contributed by atoms with E-state index in [1.807, 2.05) is 0 Å². The van der Waals surface area contributed by atoms with Gasteiger partial charge in [0.1, 0.15) is 0 Å². The molecule has 0 N–H and O–H groups in total. The van der Waals surface area contributed by atoms with Gasteiger partial charge in [-0.05, 0) is 57.5 Å². The van der Waals surface area contributed by atoms with Gasteiger partial charge in [0, 0.05) is 38.3 Å². The molecule has 0 unspecified atom stereocenters. The zero-order chi connectivity index (χ0) is 22.5. The molecule has 0 heterocycles. The number of hydrogen-bond acceptors (Lipinski definition) is 3. The van der Waals surface area contributed by atoms with Gasteiger partial charge in [0.2, 0.25) is 0 Å². The highest BCUT2D eigenvalue weighted by Gasteiger charge is 2.16. The van der Waals surface area contributed by atoms with E-state index in [2.05, 4.69) is 110 Å². The summed E-state index contributed by atoms with van der Waals surface area (Å²) >= 11 is 0. The zero-order valence-electron chi connectivity index (χ0n) is 20.6. The second kappa shape index (κ2) is 14.4. The Morgan fingerprint density at radius 1 is 0.548 bits per heavy atom. The molecule has 2 atom stereocenters. The largest absolute Gasteiger partial charge is 0.301 e. The summed E-state index contributed by atoms with van der Waals surface area (Å²) < 4.78 is 0. The van der Waals surface area contributed by atoms with Gasteiger partial charge >= 0.3 is 0 Å². The fourth-order valence-corrected chi connectivity index (χ4v) is 4.52. The van der Waals surface area contributed by atoms with Crippen molar-refractivity contribution >= 4 is 0 Å². The first-order valence-corrected chi connectivity index (χ1v) is 12.4. The number of nitrogens with zero attached hydrogens (tertiary/aromatic N) is 3. The Morgan fingerprint density at radius 3 is 1.26 bits per heavy atom. The summed E-state index contributed by atoms with van der Waals surface area (Å²) in [5.41, 5.74) is 2.87. The van der Waals surface area contributed by atoms with E-state index < -0.39 is 0 Å². The van der Waals surface area contributed by atoms with Crippen molar-refractivity contribution in [3.63, 3.8) is 0 Å². The summed E-state index contributed by atoms with van der Waals surface area (Å²) in [5, 5.41) is 0. The van der Waals surface area contributed by atoms with Crippen molar-refractivity contribution in [1.82, 2.24) is 14.7 Å². The average Bonchev–Trinajstić information content (AvgIpc) is 2.79. The second-order valence-corrected chi connectivity index (χ2v) is 8.77. The minimum atomic E-state index is 0.573. The predicted molar refractivity (Wildman–Crippen MR) is 136 cm³/mol. The molecule has 0 fully saturated rings. The lowest BCUT2D eigenvalue weighted by molar-refractivity contribution is 0.149. The van der Waals surface area contributed by atoms with E-state index in [1.54, 1.807) is 0 Å². The van der Waals surface area contributed by atoms with Crippen molar-refractivity contribution in [2.45, 2.75) is 59.5 Å². The summed E-state index contributed by atoms with van der Waals surface area (Å²) in [6.45, 7) is 19.6. The van der Waals surface area contributed by atoms with Crippen LogP contribution in [0.25, 0.3) is 0 Å². The Balaban J connectivity index is 1.79. The fraction of sp³-hybridized carbons (Fsp3) is 0.571. The Hall–Kier alpha value is -1.68. The predicted octanol–water partition coefficient (Wildman–Crippen LogP) is 5.21. The lowest BCUT2D eigenvalue weighted by Gasteiger charge is -2.33. The highest BCUT2D eigenvalue weighted by molar-refractivity contribution is 5.16. The minimum absolute atomic E-state index is 0.573. The average molecular weight is 424 g/mol. The number of likely N-dealkylation sites (N-methyl/N-ethyl adjacent to an activating group) is 3. The van der Waals surface area contributed by atoms with Gasteiger partial charge in [-0.2, -0.15) is 0 Å². The van der Waals surface area contributed by atoms with Crippen LogP contribution >= 0.6 is 0 Å². The third-order valence-electron chi connectivity index (χ3n) is 6.66. The Morgan fingerprint density at radius 2 is 0.935 bits per heavy atom. The third kappa shape index (κ3) is 9.14. The van der Waals surface area contributed by atoms with Crippen LogP contribution in [0.5, 0.6) is 0 Å². The van der Waals surface area contributed by atoms with Gasteiger partial charge in [-0.15, -0.1) is 0 Å². The molecule has 172 valence electrons. The van der Waals surface area contributed by atoms with E-state index in [-0.39, 0.29) is 0 Å². The smallest absolute Gasteiger partial charge is 0.0112 e. The molecule has 0 bridgehead atoms.